The minimum absolute atomic E-state index is 0.0193. The van der Waals surface area contributed by atoms with Crippen molar-refractivity contribution >= 4 is 43.3 Å². The summed E-state index contributed by atoms with van der Waals surface area (Å²) < 4.78 is 85.4. The van der Waals surface area contributed by atoms with Gasteiger partial charge in [0.05, 0.1) is 28.2 Å². The maximum atomic E-state index is 13.4. The Kier molecular flexibility index (Phi) is 12.7. The van der Waals surface area contributed by atoms with Gasteiger partial charge in [0.1, 0.15) is 24.7 Å². The van der Waals surface area contributed by atoms with Crippen LogP contribution in [0.5, 0.6) is 0 Å². The number of benzene rings is 1. The SMILES string of the molecule is CCOC(=O)/C(=C/C1C[C@@H](F)[C@@H](F)C1)c1ccc(S(C)(=O)=O)cc1.CCOC(=O)/C(Br)=C/C1C[C@@H](F)[C@@H](F)C1. The van der Waals surface area contributed by atoms with Crippen molar-refractivity contribution in [3.05, 3.63) is 46.5 Å². The first kappa shape index (κ1) is 33.0. The maximum Gasteiger partial charge on any atom is 0.344 e. The Balaban J connectivity index is 0.000000306. The van der Waals surface area contributed by atoms with E-state index in [2.05, 4.69) is 15.9 Å². The van der Waals surface area contributed by atoms with Gasteiger partial charge in [-0.15, -0.1) is 0 Å². The van der Waals surface area contributed by atoms with Crippen molar-refractivity contribution < 1.29 is 45.0 Å². The number of rotatable bonds is 8. The van der Waals surface area contributed by atoms with Crippen LogP contribution < -0.4 is 0 Å². The highest BCUT2D eigenvalue weighted by molar-refractivity contribution is 9.12. The van der Waals surface area contributed by atoms with Gasteiger partial charge in [-0.3, -0.25) is 0 Å². The Morgan fingerprint density at radius 1 is 0.821 bits per heavy atom. The predicted octanol–water partition coefficient (Wildman–Crippen LogP) is 6.04. The largest absolute Gasteiger partial charge is 0.462 e. The second-order valence-electron chi connectivity index (χ2n) is 9.36. The lowest BCUT2D eigenvalue weighted by molar-refractivity contribution is -0.138. The fourth-order valence-electron chi connectivity index (χ4n) is 4.30. The average molecular weight is 642 g/mol. The summed E-state index contributed by atoms with van der Waals surface area (Å²) in [5.74, 6) is -1.71. The molecule has 0 radical (unpaired) electrons. The van der Waals surface area contributed by atoms with Crippen molar-refractivity contribution in [1.82, 2.24) is 0 Å². The molecule has 1 aromatic rings. The molecule has 2 aliphatic carbocycles. The van der Waals surface area contributed by atoms with Gasteiger partial charge in [-0.05, 0) is 85.0 Å². The molecule has 0 saturated heterocycles. The molecule has 39 heavy (non-hydrogen) atoms. The van der Waals surface area contributed by atoms with E-state index in [0.29, 0.717) is 5.56 Å². The van der Waals surface area contributed by atoms with E-state index in [4.69, 9.17) is 9.47 Å². The third kappa shape index (κ3) is 10.0. The Morgan fingerprint density at radius 3 is 1.64 bits per heavy atom. The van der Waals surface area contributed by atoms with E-state index >= 15 is 0 Å². The predicted molar refractivity (Wildman–Crippen MR) is 143 cm³/mol. The van der Waals surface area contributed by atoms with Crippen LogP contribution in [0, 0.1) is 11.8 Å². The zero-order valence-corrected chi connectivity index (χ0v) is 24.3. The zero-order chi connectivity index (χ0) is 29.3. The van der Waals surface area contributed by atoms with Crippen LogP contribution in [0.1, 0.15) is 45.1 Å². The Bertz CT molecular complexity index is 1140. The molecular weight excluding hydrogens is 608 g/mol. The molecule has 0 bridgehead atoms. The number of carbonyl (C=O) groups excluding carboxylic acids is 2. The van der Waals surface area contributed by atoms with Crippen LogP contribution >= 0.6 is 15.9 Å². The van der Waals surface area contributed by atoms with Crippen LogP contribution in [0.25, 0.3) is 5.57 Å². The first-order chi connectivity index (χ1) is 18.3. The lowest BCUT2D eigenvalue weighted by Crippen LogP contribution is -2.09. The second-order valence-corrected chi connectivity index (χ2v) is 12.2. The molecule has 218 valence electrons. The first-order valence-electron chi connectivity index (χ1n) is 12.6. The fourth-order valence-corrected chi connectivity index (χ4v) is 5.41. The highest BCUT2D eigenvalue weighted by Gasteiger charge is 2.35. The molecule has 2 fully saturated rings. The summed E-state index contributed by atoms with van der Waals surface area (Å²) >= 11 is 3.04. The molecule has 1 aromatic carbocycles. The van der Waals surface area contributed by atoms with E-state index in [0.717, 1.165) is 6.26 Å². The number of halogens is 5. The molecule has 0 heterocycles. The molecule has 0 N–H and O–H groups in total. The minimum atomic E-state index is -3.35. The number of carbonyl (C=O) groups is 2. The molecule has 0 spiro atoms. The summed E-state index contributed by atoms with van der Waals surface area (Å²) in [6.45, 7) is 3.81. The smallest absolute Gasteiger partial charge is 0.344 e. The molecule has 0 aliphatic heterocycles. The van der Waals surface area contributed by atoms with Crippen LogP contribution in [0.2, 0.25) is 0 Å². The van der Waals surface area contributed by atoms with Gasteiger partial charge in [-0.1, -0.05) is 24.3 Å². The van der Waals surface area contributed by atoms with Gasteiger partial charge in [0.15, 0.2) is 9.84 Å². The van der Waals surface area contributed by atoms with Crippen molar-refractivity contribution in [3.63, 3.8) is 0 Å². The van der Waals surface area contributed by atoms with Gasteiger partial charge in [-0.25, -0.2) is 35.6 Å². The van der Waals surface area contributed by atoms with Crippen molar-refractivity contribution in [3.8, 4) is 0 Å². The van der Waals surface area contributed by atoms with E-state index in [1.165, 1.54) is 36.4 Å². The summed E-state index contributed by atoms with van der Waals surface area (Å²) in [7, 11) is -3.35. The molecule has 0 aromatic heterocycles. The van der Waals surface area contributed by atoms with Crippen molar-refractivity contribution in [2.45, 2.75) is 69.1 Å². The number of ether oxygens (including phenoxy) is 2. The lowest BCUT2D eigenvalue weighted by atomic mass is 9.98. The molecule has 6 atom stereocenters. The second kappa shape index (κ2) is 15.0. The summed E-state index contributed by atoms with van der Waals surface area (Å²) in [6.07, 6.45) is -1.41. The standard InChI is InChI=1S/C17H20F2O4S.C10H13BrF2O2/c1-3-23-17(20)14(8-11-9-15(18)16(19)10-11)12-4-6-13(7-5-12)24(2,21)22;1-2-15-10(14)7(11)3-6-4-8(12)9(13)5-6/h4-8,11,15-16H,3,9-10H2,1-2H3;3,6,8-9H,2,4-5H2,1H3/b14-8+;7-3-/t11?,15-,16+;6?,8-,9+. The summed E-state index contributed by atoms with van der Waals surface area (Å²) in [4.78, 5) is 23.5. The van der Waals surface area contributed by atoms with Crippen LogP contribution in [0.4, 0.5) is 17.6 Å². The molecule has 2 unspecified atom stereocenters. The number of alkyl halides is 4. The van der Waals surface area contributed by atoms with Crippen LogP contribution in [0.3, 0.4) is 0 Å². The van der Waals surface area contributed by atoms with Gasteiger partial charge in [0.25, 0.3) is 0 Å². The Hall–Kier alpha value is -2.21. The molecule has 0 amide bonds. The van der Waals surface area contributed by atoms with Gasteiger partial charge < -0.3 is 9.47 Å². The number of allylic oxidation sites excluding steroid dienone is 2. The minimum Gasteiger partial charge on any atom is -0.462 e. The summed E-state index contributed by atoms with van der Waals surface area (Å²) in [6, 6.07) is 5.77. The third-order valence-corrected chi connectivity index (χ3v) is 7.96. The Morgan fingerprint density at radius 2 is 1.23 bits per heavy atom. The number of hydrogen-bond donors (Lipinski definition) is 0. The Labute approximate surface area is 234 Å². The van der Waals surface area contributed by atoms with Gasteiger partial charge >= 0.3 is 11.9 Å². The number of hydrogen-bond acceptors (Lipinski definition) is 6. The molecule has 6 nitrogen and oxygen atoms in total. The van der Waals surface area contributed by atoms with E-state index in [9.17, 15) is 35.6 Å². The van der Waals surface area contributed by atoms with Crippen LogP contribution in [-0.2, 0) is 28.9 Å². The molecule has 3 rings (SSSR count). The van der Waals surface area contributed by atoms with E-state index < -0.39 is 52.4 Å². The van der Waals surface area contributed by atoms with Crippen molar-refractivity contribution in [2.75, 3.05) is 19.5 Å². The first-order valence-corrected chi connectivity index (χ1v) is 15.2. The number of sulfone groups is 1. The lowest BCUT2D eigenvalue weighted by Gasteiger charge is -2.11. The zero-order valence-electron chi connectivity index (χ0n) is 21.9. The normalized spacial score (nSPS) is 27.5. The highest BCUT2D eigenvalue weighted by Crippen LogP contribution is 2.34. The van der Waals surface area contributed by atoms with Crippen LogP contribution in [0.15, 0.2) is 45.8 Å². The van der Waals surface area contributed by atoms with Crippen molar-refractivity contribution in [1.29, 1.82) is 0 Å². The quantitative estimate of drug-likeness (QED) is 0.196. The molecular formula is C27H33BrF4O6S. The fraction of sp³-hybridized carbons (Fsp3) is 0.556. The monoisotopic (exact) mass is 640 g/mol. The molecule has 2 saturated carbocycles. The average Bonchev–Trinajstić information content (AvgIpc) is 3.36. The van der Waals surface area contributed by atoms with Gasteiger partial charge in [0, 0.05) is 6.26 Å². The third-order valence-electron chi connectivity index (χ3n) is 6.24. The van der Waals surface area contributed by atoms with Gasteiger partial charge in [0.2, 0.25) is 0 Å². The summed E-state index contributed by atoms with van der Waals surface area (Å²) in [5.41, 5.74) is 0.654. The van der Waals surface area contributed by atoms with Crippen LogP contribution in [-0.4, -0.2) is 64.5 Å². The van der Waals surface area contributed by atoms with E-state index in [-0.39, 0.29) is 59.8 Å². The van der Waals surface area contributed by atoms with Crippen molar-refractivity contribution in [2.24, 2.45) is 11.8 Å². The molecule has 12 heteroatoms. The maximum absolute atomic E-state index is 13.4. The topological polar surface area (TPSA) is 86.7 Å². The highest BCUT2D eigenvalue weighted by atomic mass is 79.9. The summed E-state index contributed by atoms with van der Waals surface area (Å²) in [5, 5.41) is 0. The van der Waals surface area contributed by atoms with Gasteiger partial charge in [-0.2, -0.15) is 0 Å². The van der Waals surface area contributed by atoms with E-state index in [1.807, 2.05) is 0 Å². The number of esters is 2. The van der Waals surface area contributed by atoms with E-state index in [1.54, 1.807) is 13.8 Å². The molecule has 2 aliphatic rings.